The van der Waals surface area contributed by atoms with Crippen LogP contribution in [-0.2, 0) is 23.0 Å². The standard InChI is InChI=1S/C18H21ClFN3O2S/c1-21-26(24,25)14-5-6-18(17(20)11-14)22-8-10-23-9-7-15-13(12-23)3-2-4-16(15)19/h2-6,11,21-22H,7-10,12H2,1H3. The van der Waals surface area contributed by atoms with Gasteiger partial charge in [-0.15, -0.1) is 0 Å². The smallest absolute Gasteiger partial charge is 0.240 e. The van der Waals surface area contributed by atoms with Crippen LogP contribution in [0.4, 0.5) is 10.1 Å². The first kappa shape index (κ1) is 19.1. The molecule has 0 atom stereocenters. The predicted molar refractivity (Wildman–Crippen MR) is 102 cm³/mol. The summed E-state index contributed by atoms with van der Waals surface area (Å²) >= 11 is 6.23. The highest BCUT2D eigenvalue weighted by molar-refractivity contribution is 7.89. The van der Waals surface area contributed by atoms with E-state index in [-0.39, 0.29) is 4.90 Å². The maximum absolute atomic E-state index is 14.1. The molecule has 8 heteroatoms. The average molecular weight is 398 g/mol. The largest absolute Gasteiger partial charge is 0.381 e. The predicted octanol–water partition coefficient (Wildman–Crippen LogP) is 2.86. The molecule has 2 aromatic carbocycles. The summed E-state index contributed by atoms with van der Waals surface area (Å²) in [5.74, 6) is -0.586. The van der Waals surface area contributed by atoms with Crippen LogP contribution < -0.4 is 10.0 Å². The van der Waals surface area contributed by atoms with Crippen LogP contribution >= 0.6 is 11.6 Å². The summed E-state index contributed by atoms with van der Waals surface area (Å²) in [4.78, 5) is 2.19. The van der Waals surface area contributed by atoms with Crippen molar-refractivity contribution in [3.63, 3.8) is 0 Å². The van der Waals surface area contributed by atoms with Crippen molar-refractivity contribution >= 4 is 27.3 Å². The number of rotatable bonds is 6. The third kappa shape index (κ3) is 4.17. The Labute approximate surface area is 158 Å². The molecule has 0 aliphatic carbocycles. The lowest BCUT2D eigenvalue weighted by atomic mass is 10.00. The van der Waals surface area contributed by atoms with Crippen molar-refractivity contribution in [3.05, 3.63) is 58.4 Å². The van der Waals surface area contributed by atoms with Crippen LogP contribution in [0.3, 0.4) is 0 Å². The number of nitrogens with zero attached hydrogens (tertiary/aromatic N) is 1. The van der Waals surface area contributed by atoms with Crippen LogP contribution in [0.5, 0.6) is 0 Å². The number of hydrogen-bond acceptors (Lipinski definition) is 4. The molecule has 140 valence electrons. The Morgan fingerprint density at radius 2 is 2.08 bits per heavy atom. The van der Waals surface area contributed by atoms with Gasteiger partial charge in [0.15, 0.2) is 0 Å². The van der Waals surface area contributed by atoms with E-state index < -0.39 is 15.8 Å². The summed E-state index contributed by atoms with van der Waals surface area (Å²) in [7, 11) is -2.35. The molecule has 2 N–H and O–H groups in total. The number of nitrogens with one attached hydrogen (secondary N) is 2. The molecule has 2 aromatic rings. The second kappa shape index (κ2) is 7.92. The topological polar surface area (TPSA) is 61.4 Å². The van der Waals surface area contributed by atoms with Gasteiger partial charge < -0.3 is 5.32 Å². The minimum Gasteiger partial charge on any atom is -0.381 e. The van der Waals surface area contributed by atoms with E-state index in [4.69, 9.17) is 11.6 Å². The fraction of sp³-hybridized carbons (Fsp3) is 0.333. The molecule has 3 rings (SSSR count). The number of anilines is 1. The number of benzene rings is 2. The highest BCUT2D eigenvalue weighted by Crippen LogP contribution is 2.26. The molecular formula is C18H21ClFN3O2S. The first-order valence-corrected chi connectivity index (χ1v) is 10.2. The zero-order valence-corrected chi connectivity index (χ0v) is 16.0. The molecule has 0 aromatic heterocycles. The lowest BCUT2D eigenvalue weighted by Gasteiger charge is -2.29. The fourth-order valence-corrected chi connectivity index (χ4v) is 4.12. The van der Waals surface area contributed by atoms with E-state index >= 15 is 0 Å². The summed E-state index contributed by atoms with van der Waals surface area (Å²) in [5, 5.41) is 3.85. The van der Waals surface area contributed by atoms with Crippen LogP contribution in [0, 0.1) is 5.82 Å². The molecule has 0 saturated heterocycles. The maximum Gasteiger partial charge on any atom is 0.240 e. The van der Waals surface area contributed by atoms with E-state index in [0.717, 1.165) is 37.1 Å². The first-order valence-electron chi connectivity index (χ1n) is 8.36. The fourth-order valence-electron chi connectivity index (χ4n) is 3.09. The quantitative estimate of drug-likeness (QED) is 0.786. The van der Waals surface area contributed by atoms with E-state index in [9.17, 15) is 12.8 Å². The van der Waals surface area contributed by atoms with Gasteiger partial charge in [0.1, 0.15) is 5.82 Å². The number of sulfonamides is 1. The average Bonchev–Trinajstić information content (AvgIpc) is 2.63. The Morgan fingerprint density at radius 3 is 2.81 bits per heavy atom. The summed E-state index contributed by atoms with van der Waals surface area (Å²) in [6.45, 7) is 3.03. The van der Waals surface area contributed by atoms with Gasteiger partial charge in [-0.3, -0.25) is 4.90 Å². The second-order valence-electron chi connectivity index (χ2n) is 6.18. The minimum absolute atomic E-state index is 0.0902. The molecule has 0 saturated carbocycles. The van der Waals surface area contributed by atoms with Gasteiger partial charge in [0.05, 0.1) is 10.6 Å². The van der Waals surface area contributed by atoms with Gasteiger partial charge in [-0.05, 0) is 48.9 Å². The van der Waals surface area contributed by atoms with E-state index in [0.29, 0.717) is 12.2 Å². The second-order valence-corrected chi connectivity index (χ2v) is 8.47. The van der Waals surface area contributed by atoms with Crippen molar-refractivity contribution in [2.24, 2.45) is 0 Å². The Hall–Kier alpha value is -1.67. The van der Waals surface area contributed by atoms with Crippen molar-refractivity contribution in [1.29, 1.82) is 0 Å². The third-order valence-electron chi connectivity index (χ3n) is 4.55. The van der Waals surface area contributed by atoms with Crippen molar-refractivity contribution < 1.29 is 12.8 Å². The summed E-state index contributed by atoms with van der Waals surface area (Å²) in [5.41, 5.74) is 2.74. The minimum atomic E-state index is -3.64. The molecule has 0 amide bonds. The Kier molecular flexibility index (Phi) is 5.82. The molecule has 5 nitrogen and oxygen atoms in total. The Bertz CT molecular complexity index is 905. The maximum atomic E-state index is 14.1. The van der Waals surface area contributed by atoms with E-state index in [1.807, 2.05) is 12.1 Å². The summed E-state index contributed by atoms with van der Waals surface area (Å²) in [6, 6.07) is 9.81. The van der Waals surface area contributed by atoms with Crippen molar-refractivity contribution in [2.45, 2.75) is 17.9 Å². The molecular weight excluding hydrogens is 377 g/mol. The summed E-state index contributed by atoms with van der Waals surface area (Å²) in [6.07, 6.45) is 0.903. The van der Waals surface area contributed by atoms with E-state index in [2.05, 4.69) is 21.0 Å². The van der Waals surface area contributed by atoms with Gasteiger partial charge in [-0.25, -0.2) is 17.5 Å². The van der Waals surface area contributed by atoms with Gasteiger partial charge in [0.25, 0.3) is 0 Å². The number of hydrogen-bond donors (Lipinski definition) is 2. The Morgan fingerprint density at radius 1 is 1.27 bits per heavy atom. The van der Waals surface area contributed by atoms with Crippen molar-refractivity contribution in [3.8, 4) is 0 Å². The van der Waals surface area contributed by atoms with Crippen molar-refractivity contribution in [1.82, 2.24) is 9.62 Å². The van der Waals surface area contributed by atoms with Crippen molar-refractivity contribution in [2.75, 3.05) is 32.0 Å². The molecule has 1 heterocycles. The SMILES string of the molecule is CNS(=O)(=O)c1ccc(NCCN2CCc3c(Cl)cccc3C2)c(F)c1. The molecule has 1 aliphatic rings. The highest BCUT2D eigenvalue weighted by Gasteiger charge is 2.18. The lowest BCUT2D eigenvalue weighted by molar-refractivity contribution is 0.264. The molecule has 0 fully saturated rings. The molecule has 1 aliphatic heterocycles. The zero-order chi connectivity index (χ0) is 18.7. The monoisotopic (exact) mass is 397 g/mol. The zero-order valence-electron chi connectivity index (χ0n) is 14.4. The molecule has 0 radical (unpaired) electrons. The van der Waals surface area contributed by atoms with E-state index in [1.165, 1.54) is 30.3 Å². The lowest BCUT2D eigenvalue weighted by Crippen LogP contribution is -2.34. The normalized spacial score (nSPS) is 14.9. The molecule has 0 spiro atoms. The van der Waals surface area contributed by atoms with Crippen LogP contribution in [0.2, 0.25) is 5.02 Å². The van der Waals surface area contributed by atoms with Crippen LogP contribution in [0.1, 0.15) is 11.1 Å². The Balaban J connectivity index is 1.57. The number of halogens is 2. The van der Waals surface area contributed by atoms with Crippen LogP contribution in [0.15, 0.2) is 41.3 Å². The van der Waals surface area contributed by atoms with Gasteiger partial charge in [0, 0.05) is 31.2 Å². The summed E-state index contributed by atoms with van der Waals surface area (Å²) < 4.78 is 39.7. The highest BCUT2D eigenvalue weighted by atomic mass is 35.5. The molecule has 26 heavy (non-hydrogen) atoms. The van der Waals surface area contributed by atoms with Gasteiger partial charge in [-0.2, -0.15) is 0 Å². The third-order valence-corrected chi connectivity index (χ3v) is 6.32. The first-order chi connectivity index (χ1) is 12.4. The van der Waals surface area contributed by atoms with Gasteiger partial charge in [-0.1, -0.05) is 23.7 Å². The van der Waals surface area contributed by atoms with Crippen LogP contribution in [0.25, 0.3) is 0 Å². The van der Waals surface area contributed by atoms with Gasteiger partial charge >= 0.3 is 0 Å². The molecule has 0 unspecified atom stereocenters. The molecule has 0 bridgehead atoms. The number of fused-ring (bicyclic) bond motifs is 1. The van der Waals surface area contributed by atoms with Crippen LogP contribution in [-0.4, -0.2) is 40.0 Å². The van der Waals surface area contributed by atoms with Gasteiger partial charge in [0.2, 0.25) is 10.0 Å². The van der Waals surface area contributed by atoms with E-state index in [1.54, 1.807) is 0 Å².